The number of benzene rings is 10. The van der Waals surface area contributed by atoms with Crippen LogP contribution in [0.25, 0.3) is 0 Å². The highest BCUT2D eigenvalue weighted by Crippen LogP contribution is 2.41. The zero-order valence-electron chi connectivity index (χ0n) is 57.1. The van der Waals surface area contributed by atoms with E-state index in [2.05, 4.69) is 319 Å². The van der Waals surface area contributed by atoms with Gasteiger partial charge in [-0.15, -0.1) is 0 Å². The van der Waals surface area contributed by atoms with Crippen molar-refractivity contribution >= 4 is 317 Å². The molecule has 0 aliphatic heterocycles. The summed E-state index contributed by atoms with van der Waals surface area (Å²) in [4.78, 5) is 55.7. The predicted octanol–water partition coefficient (Wildman–Crippen LogP) is 26.4. The van der Waals surface area contributed by atoms with Crippen molar-refractivity contribution in [2.75, 3.05) is 19.8 Å². The molecule has 592 valence electrons. The number of alkyl halides is 10. The normalized spacial score (nSPS) is 12.0. The minimum absolute atomic E-state index is 0.00197. The average Bonchev–Trinajstić information content (AvgIpc) is 0.833. The molecule has 0 radical (unpaired) electrons. The molecule has 0 amide bonds. The molecule has 0 spiro atoms. The number of rotatable bonds is 23. The van der Waals surface area contributed by atoms with Crippen molar-refractivity contribution in [3.05, 3.63) is 272 Å². The lowest BCUT2D eigenvalue weighted by Gasteiger charge is -2.25. The van der Waals surface area contributed by atoms with Gasteiger partial charge in [0.15, 0.2) is 29.4 Å². The molecule has 0 aliphatic carbocycles. The summed E-state index contributed by atoms with van der Waals surface area (Å²) >= 11 is 25.2. The van der Waals surface area contributed by atoms with Crippen molar-refractivity contribution in [1.82, 2.24) is 0 Å². The highest BCUT2D eigenvalue weighted by atomic mass is 127. The van der Waals surface area contributed by atoms with Gasteiger partial charge in [0.1, 0.15) is 41.8 Å². The first-order chi connectivity index (χ1) is 52.7. The summed E-state index contributed by atoms with van der Waals surface area (Å²) in [6, 6.07) is 71.0. The van der Waals surface area contributed by atoms with Gasteiger partial charge in [-0.05, 0) is 417 Å². The first kappa shape index (κ1) is 97.4. The first-order valence-electron chi connectivity index (χ1n) is 31.8. The van der Waals surface area contributed by atoms with Crippen molar-refractivity contribution in [3.8, 4) is 23.0 Å². The van der Waals surface area contributed by atoms with Gasteiger partial charge in [0.2, 0.25) is 0 Å². The van der Waals surface area contributed by atoms with E-state index < -0.39 is 72.0 Å². The Bertz CT molecular complexity index is 4750. The minimum atomic E-state index is -5.43. The summed E-state index contributed by atoms with van der Waals surface area (Å²) in [5.41, 5.74) is 0.375. The Morgan fingerprint density at radius 2 is 0.723 bits per heavy atom. The molecule has 10 aromatic rings. The third-order valence-electron chi connectivity index (χ3n) is 14.4. The van der Waals surface area contributed by atoms with Gasteiger partial charge >= 0.3 is 36.2 Å². The van der Waals surface area contributed by atoms with Gasteiger partial charge in [0.25, 0.3) is 24.1 Å². The SMILES string of the molecule is CC(F)(F)C(OC(=O)CCCOC(=O)c1c(I)ccc(I)c1I)C(F)(F)F.CC(F)(F)C(OC(=O)c1c(I)ccc(I)c1O)C(F)(F)F.Ic1cc(I)c(OCCOc2ccc([S+](c3ccccc3)c3ccccc3)cc2)c(I)c1I.O=C(Oc1ccc([S+](c2ccccc2)c2ccccc2)cc1)c1c(I)ccc(I)c1I. The van der Waals surface area contributed by atoms with E-state index in [4.69, 9.17) is 18.9 Å². The molecule has 112 heavy (non-hydrogen) atoms. The van der Waals surface area contributed by atoms with Gasteiger partial charge in [0.05, 0.1) is 50.2 Å². The fourth-order valence-electron chi connectivity index (χ4n) is 9.39. The van der Waals surface area contributed by atoms with Crippen molar-refractivity contribution < 1.29 is 96.6 Å². The summed E-state index contributed by atoms with van der Waals surface area (Å²) in [5, 5.41) is 9.69. The molecule has 0 heterocycles. The molecule has 0 aliphatic rings. The monoisotopic (exact) mass is 2930 g/mol. The van der Waals surface area contributed by atoms with Gasteiger partial charge in [-0.25, -0.2) is 31.9 Å². The maximum absolute atomic E-state index is 13.0. The van der Waals surface area contributed by atoms with Crippen LogP contribution in [0.15, 0.2) is 242 Å². The number of hydrogen-bond donors (Lipinski definition) is 1. The molecule has 2 atom stereocenters. The van der Waals surface area contributed by atoms with E-state index in [9.17, 15) is 68.2 Å². The van der Waals surface area contributed by atoms with E-state index in [-0.39, 0.29) is 61.8 Å². The molecular weight excluding hydrogens is 2880 g/mol. The lowest BCUT2D eigenvalue weighted by Crippen LogP contribution is -2.46. The maximum Gasteiger partial charge on any atom is 0.431 e. The summed E-state index contributed by atoms with van der Waals surface area (Å²) in [5.74, 6) is -10.9. The van der Waals surface area contributed by atoms with Crippen LogP contribution in [0, 0.1) is 42.8 Å². The number of esters is 4. The van der Waals surface area contributed by atoms with Crippen molar-refractivity contribution in [3.63, 3.8) is 0 Å². The molecule has 0 fully saturated rings. The molecule has 10 rings (SSSR count). The third-order valence-corrected chi connectivity index (χ3v) is 34.4. The van der Waals surface area contributed by atoms with Crippen LogP contribution in [0.1, 0.15) is 57.8 Å². The van der Waals surface area contributed by atoms with Crippen molar-refractivity contribution in [1.29, 1.82) is 0 Å². The molecule has 35 heteroatoms. The van der Waals surface area contributed by atoms with Crippen LogP contribution in [0.3, 0.4) is 0 Å². The Labute approximate surface area is 807 Å². The molecule has 2 unspecified atom stereocenters. The number of halogens is 22. The molecule has 10 aromatic carbocycles. The second-order valence-electron chi connectivity index (χ2n) is 22.8. The van der Waals surface area contributed by atoms with Gasteiger partial charge < -0.3 is 33.5 Å². The smallest absolute Gasteiger partial charge is 0.431 e. The Morgan fingerprint density at radius 1 is 0.366 bits per heavy atom. The Morgan fingerprint density at radius 3 is 1.13 bits per heavy atom. The van der Waals surface area contributed by atoms with E-state index in [0.717, 1.165) is 32.9 Å². The fraction of sp³-hybridized carbons (Fsp3) is 0.169. The number of ether oxygens (including phenoxy) is 6. The van der Waals surface area contributed by atoms with E-state index in [1.807, 2.05) is 110 Å². The maximum atomic E-state index is 13.0. The van der Waals surface area contributed by atoms with Crippen LogP contribution in [0.4, 0.5) is 43.9 Å². The third kappa shape index (κ3) is 29.0. The Hall–Kier alpha value is -1.76. The van der Waals surface area contributed by atoms with Crippen LogP contribution < -0.4 is 14.2 Å². The van der Waals surface area contributed by atoms with Gasteiger partial charge in [-0.3, -0.25) is 4.79 Å². The highest BCUT2D eigenvalue weighted by Gasteiger charge is 2.57. The second kappa shape index (κ2) is 45.8. The van der Waals surface area contributed by atoms with Gasteiger partial charge in [-0.2, -0.15) is 26.3 Å². The van der Waals surface area contributed by atoms with Gasteiger partial charge in [0, 0.05) is 52.4 Å². The average molecular weight is 2930 g/mol. The Kier molecular flexibility index (Phi) is 39.8. The summed E-state index contributed by atoms with van der Waals surface area (Å²) < 4.78 is 168. The number of phenolic OH excluding ortho intramolecular Hbond substituents is 1. The molecule has 0 aromatic heterocycles. The van der Waals surface area contributed by atoms with E-state index >= 15 is 0 Å². The zero-order valence-corrected chi connectivity index (χ0v) is 84.6. The van der Waals surface area contributed by atoms with E-state index in [1.54, 1.807) is 51.2 Å². The van der Waals surface area contributed by atoms with Crippen LogP contribution in [-0.4, -0.2) is 85.2 Å². The zero-order chi connectivity index (χ0) is 82.6. The lowest BCUT2D eigenvalue weighted by molar-refractivity contribution is -0.273. The van der Waals surface area contributed by atoms with Crippen LogP contribution in [-0.2, 0) is 40.8 Å². The second-order valence-corrected chi connectivity index (χ2v) is 40.4. The van der Waals surface area contributed by atoms with Crippen molar-refractivity contribution in [2.45, 2.75) is 92.5 Å². The highest BCUT2D eigenvalue weighted by molar-refractivity contribution is 14.1. The van der Waals surface area contributed by atoms with Crippen LogP contribution in [0.5, 0.6) is 23.0 Å². The topological polar surface area (TPSA) is 144 Å². The summed E-state index contributed by atoms with van der Waals surface area (Å²) in [7, 11) is -0.374. The molecule has 0 saturated heterocycles. The van der Waals surface area contributed by atoms with Gasteiger partial charge in [-0.1, -0.05) is 72.8 Å². The predicted molar refractivity (Wildman–Crippen MR) is 511 cm³/mol. The van der Waals surface area contributed by atoms with Crippen LogP contribution >= 0.6 is 271 Å². The molecular formula is C77H54F10I12O11S2+2. The summed E-state index contributed by atoms with van der Waals surface area (Å²) in [6.45, 7) is 0.744. The van der Waals surface area contributed by atoms with E-state index in [0.29, 0.717) is 37.2 Å². The number of hydrogen-bond acceptors (Lipinski definition) is 11. The number of carbonyl (C=O) groups excluding carboxylic acids is 4. The molecule has 1 N–H and O–H groups in total. The lowest BCUT2D eigenvalue weighted by atomic mass is 10.2. The Balaban J connectivity index is 0.000000210. The number of carbonyl (C=O) groups is 4. The quantitative estimate of drug-likeness (QED) is 0.00752. The first-order valence-corrected chi connectivity index (χ1v) is 47.2. The fourth-order valence-corrected chi connectivity index (χ4v) is 23.4. The largest absolute Gasteiger partial charge is 0.506 e. The van der Waals surface area contributed by atoms with Crippen molar-refractivity contribution in [2.24, 2.45) is 0 Å². The molecule has 0 bridgehead atoms. The molecule has 0 saturated carbocycles. The minimum Gasteiger partial charge on any atom is -0.506 e. The summed E-state index contributed by atoms with van der Waals surface area (Å²) in [6.07, 6.45) is -18.7. The standard InChI is InChI=1S/C26H19I4O2S.C25H16I3O2S.C15H12F5I3O4.C11H7F5I2O3/c27-22-17-23(28)26(25(30)24(22)29)32-16-15-31-18-11-13-21(14-12-18)33(19-7-3-1-4-8-19)20-9-5-2-6-10-20;26-21-15-16-22(27)24(28)23(21)25(29)30-17-11-13-20(14-12-17)31(18-7-3-1-4-8-18)19-9-5-2-6-10-19;1-14(16,17)13(15(18,19)20)27-9(24)3-2-6-26-12(25)10-7(21)4-5-8(22)11(10)23;1-10(12,13)9(11(14,15)16)21-8(20)6-4(17)2-3-5(18)7(6)19/h1-14,17H,15-16H2;1-16H;4-5,13H,2-3,6H2,1H3;2-3,9,19H,1H3/q2*+1;;. The number of phenols is 1. The van der Waals surface area contributed by atoms with Crippen LogP contribution in [0.2, 0.25) is 0 Å². The van der Waals surface area contributed by atoms with E-state index in [1.165, 1.54) is 48.6 Å². The number of aromatic hydroxyl groups is 1. The molecule has 11 nitrogen and oxygen atoms in total.